The number of hydrogen-bond donors (Lipinski definition) is 2. The van der Waals surface area contributed by atoms with Crippen molar-refractivity contribution in [1.82, 2.24) is 9.97 Å². The Labute approximate surface area is 137 Å². The van der Waals surface area contributed by atoms with Crippen molar-refractivity contribution >= 4 is 22.4 Å². The van der Waals surface area contributed by atoms with Crippen LogP contribution in [0.25, 0.3) is 11.3 Å². The molecule has 1 aromatic carbocycles. The summed E-state index contributed by atoms with van der Waals surface area (Å²) in [5.41, 5.74) is 3.34. The van der Waals surface area contributed by atoms with Gasteiger partial charge in [-0.05, 0) is 26.0 Å². The first kappa shape index (κ1) is 15.2. The molecule has 0 fully saturated rings. The van der Waals surface area contributed by atoms with E-state index in [0.29, 0.717) is 10.8 Å². The Bertz CT molecular complexity index is 910. The maximum atomic E-state index is 12.2. The van der Waals surface area contributed by atoms with E-state index < -0.39 is 11.5 Å². The number of hydrogen-bond acceptors (Lipinski definition) is 4. The van der Waals surface area contributed by atoms with Crippen LogP contribution in [-0.4, -0.2) is 15.9 Å². The van der Waals surface area contributed by atoms with Gasteiger partial charge < -0.3 is 4.98 Å². The molecule has 0 saturated heterocycles. The zero-order valence-corrected chi connectivity index (χ0v) is 13.5. The lowest BCUT2D eigenvalue weighted by atomic mass is 10.1. The monoisotopic (exact) mass is 325 g/mol. The first-order chi connectivity index (χ1) is 11.0. The fourth-order valence-corrected chi connectivity index (χ4v) is 2.82. The van der Waals surface area contributed by atoms with E-state index in [1.165, 1.54) is 23.0 Å². The number of amides is 1. The maximum absolute atomic E-state index is 12.2. The van der Waals surface area contributed by atoms with Crippen LogP contribution >= 0.6 is 11.3 Å². The fraction of sp³-hybridized carbons (Fsp3) is 0.118. The SMILES string of the molecule is Cc1ccc(-c2csc(NC(=O)c3ccc(C)[nH]c3=O)n2)cc1. The first-order valence-electron chi connectivity index (χ1n) is 7.07. The van der Waals surface area contributed by atoms with Gasteiger partial charge in [-0.2, -0.15) is 0 Å². The number of aromatic nitrogens is 2. The first-order valence-corrected chi connectivity index (χ1v) is 7.95. The number of nitrogens with zero attached hydrogens (tertiary/aromatic N) is 1. The third-order valence-electron chi connectivity index (χ3n) is 3.37. The molecule has 0 bridgehead atoms. The minimum atomic E-state index is -0.462. The van der Waals surface area contributed by atoms with E-state index in [1.54, 1.807) is 13.0 Å². The van der Waals surface area contributed by atoms with Gasteiger partial charge >= 0.3 is 0 Å². The van der Waals surface area contributed by atoms with E-state index in [9.17, 15) is 9.59 Å². The zero-order valence-electron chi connectivity index (χ0n) is 12.7. The number of carbonyl (C=O) groups excluding carboxylic acids is 1. The molecule has 1 amide bonds. The molecular weight excluding hydrogens is 310 g/mol. The fourth-order valence-electron chi connectivity index (χ4n) is 2.10. The molecule has 0 saturated carbocycles. The summed E-state index contributed by atoms with van der Waals surface area (Å²) in [5, 5.41) is 5.01. The molecule has 0 aliphatic heterocycles. The topological polar surface area (TPSA) is 74.8 Å². The van der Waals surface area contributed by atoms with Crippen molar-refractivity contribution in [2.24, 2.45) is 0 Å². The molecule has 116 valence electrons. The summed E-state index contributed by atoms with van der Waals surface area (Å²) in [4.78, 5) is 31.0. The molecule has 6 heteroatoms. The number of carbonyl (C=O) groups is 1. The Morgan fingerprint density at radius 3 is 2.57 bits per heavy atom. The number of aryl methyl sites for hydroxylation is 2. The van der Waals surface area contributed by atoms with Gasteiger partial charge in [0, 0.05) is 16.6 Å². The Morgan fingerprint density at radius 2 is 1.87 bits per heavy atom. The van der Waals surface area contributed by atoms with Crippen molar-refractivity contribution in [2.45, 2.75) is 13.8 Å². The summed E-state index contributed by atoms with van der Waals surface area (Å²) in [6.45, 7) is 3.79. The van der Waals surface area contributed by atoms with Crippen molar-refractivity contribution < 1.29 is 4.79 Å². The van der Waals surface area contributed by atoms with Gasteiger partial charge in [0.25, 0.3) is 11.5 Å². The summed E-state index contributed by atoms with van der Waals surface area (Å²) >= 11 is 1.33. The Balaban J connectivity index is 1.80. The molecule has 3 rings (SSSR count). The van der Waals surface area contributed by atoms with Gasteiger partial charge in [-0.25, -0.2) is 4.98 Å². The average Bonchev–Trinajstić information content (AvgIpc) is 2.96. The number of anilines is 1. The molecule has 5 nitrogen and oxygen atoms in total. The van der Waals surface area contributed by atoms with Gasteiger partial charge in [0.15, 0.2) is 5.13 Å². The van der Waals surface area contributed by atoms with Crippen molar-refractivity contribution in [3.05, 3.63) is 69.0 Å². The highest BCUT2D eigenvalue weighted by Gasteiger charge is 2.13. The van der Waals surface area contributed by atoms with E-state index in [4.69, 9.17) is 0 Å². The number of pyridine rings is 1. The van der Waals surface area contributed by atoms with Gasteiger partial charge in [-0.15, -0.1) is 11.3 Å². The molecule has 23 heavy (non-hydrogen) atoms. The second kappa shape index (κ2) is 6.18. The minimum absolute atomic E-state index is 0.0719. The maximum Gasteiger partial charge on any atom is 0.263 e. The van der Waals surface area contributed by atoms with E-state index in [2.05, 4.69) is 15.3 Å². The van der Waals surface area contributed by atoms with Crippen LogP contribution < -0.4 is 10.9 Å². The van der Waals surface area contributed by atoms with Gasteiger partial charge in [-0.1, -0.05) is 29.8 Å². The van der Waals surface area contributed by atoms with Crippen LogP contribution in [0, 0.1) is 13.8 Å². The summed E-state index contributed by atoms with van der Waals surface area (Å²) in [6, 6.07) is 11.2. The molecule has 0 atom stereocenters. The van der Waals surface area contributed by atoms with Crippen molar-refractivity contribution in [1.29, 1.82) is 0 Å². The van der Waals surface area contributed by atoms with Crippen LogP contribution in [0.4, 0.5) is 5.13 Å². The molecule has 0 spiro atoms. The highest BCUT2D eigenvalue weighted by Crippen LogP contribution is 2.25. The summed E-state index contributed by atoms with van der Waals surface area (Å²) in [5.74, 6) is -0.462. The third-order valence-corrected chi connectivity index (χ3v) is 4.13. The Kier molecular flexibility index (Phi) is 4.08. The van der Waals surface area contributed by atoms with E-state index >= 15 is 0 Å². The quantitative estimate of drug-likeness (QED) is 0.775. The number of thiazole rings is 1. The smallest absolute Gasteiger partial charge is 0.263 e. The normalized spacial score (nSPS) is 10.5. The standard InChI is InChI=1S/C17H15N3O2S/c1-10-3-6-12(7-4-10)14-9-23-17(19-14)20-16(22)13-8-5-11(2)18-15(13)21/h3-9H,1-2H3,(H,18,21)(H,19,20,22). The third kappa shape index (κ3) is 3.37. The second-order valence-electron chi connectivity index (χ2n) is 5.24. The van der Waals surface area contributed by atoms with Gasteiger partial charge in [0.05, 0.1) is 5.69 Å². The van der Waals surface area contributed by atoms with Crippen LogP contribution in [0.3, 0.4) is 0 Å². The summed E-state index contributed by atoms with van der Waals surface area (Å²) in [6.07, 6.45) is 0. The molecule has 0 radical (unpaired) electrons. The molecule has 0 aliphatic carbocycles. The van der Waals surface area contributed by atoms with E-state index in [0.717, 1.165) is 11.3 Å². The van der Waals surface area contributed by atoms with Gasteiger partial charge in [0.1, 0.15) is 5.56 Å². The zero-order chi connectivity index (χ0) is 16.4. The highest BCUT2D eigenvalue weighted by molar-refractivity contribution is 7.14. The summed E-state index contributed by atoms with van der Waals surface area (Å²) in [7, 11) is 0. The predicted octanol–water partition coefficient (Wildman–Crippen LogP) is 3.37. The van der Waals surface area contributed by atoms with Crippen LogP contribution in [0.5, 0.6) is 0 Å². The highest BCUT2D eigenvalue weighted by atomic mass is 32.1. The second-order valence-corrected chi connectivity index (χ2v) is 6.10. The van der Waals surface area contributed by atoms with Crippen LogP contribution in [0.15, 0.2) is 46.6 Å². The van der Waals surface area contributed by atoms with Crippen molar-refractivity contribution in [3.8, 4) is 11.3 Å². The van der Waals surface area contributed by atoms with Gasteiger partial charge in [-0.3, -0.25) is 14.9 Å². The Morgan fingerprint density at radius 1 is 1.13 bits per heavy atom. The largest absolute Gasteiger partial charge is 0.326 e. The van der Waals surface area contributed by atoms with Crippen LogP contribution in [0.2, 0.25) is 0 Å². The van der Waals surface area contributed by atoms with Crippen LogP contribution in [0.1, 0.15) is 21.6 Å². The van der Waals surface area contributed by atoms with E-state index in [-0.39, 0.29) is 5.56 Å². The molecular formula is C17H15N3O2S. The number of rotatable bonds is 3. The van der Waals surface area contributed by atoms with E-state index in [1.807, 2.05) is 36.6 Å². The van der Waals surface area contributed by atoms with Crippen LogP contribution in [-0.2, 0) is 0 Å². The van der Waals surface area contributed by atoms with Crippen molar-refractivity contribution in [2.75, 3.05) is 5.32 Å². The molecule has 2 aromatic heterocycles. The molecule has 0 unspecified atom stereocenters. The lowest BCUT2D eigenvalue weighted by Gasteiger charge is -2.01. The molecule has 2 N–H and O–H groups in total. The number of aromatic amines is 1. The van der Waals surface area contributed by atoms with Gasteiger partial charge in [0.2, 0.25) is 0 Å². The molecule has 0 aliphatic rings. The number of nitrogens with one attached hydrogen (secondary N) is 2. The molecule has 2 heterocycles. The molecule has 3 aromatic rings. The van der Waals surface area contributed by atoms with Crippen molar-refractivity contribution in [3.63, 3.8) is 0 Å². The average molecular weight is 325 g/mol. The predicted molar refractivity (Wildman–Crippen MR) is 92.0 cm³/mol. The summed E-state index contributed by atoms with van der Waals surface area (Å²) < 4.78 is 0. The lowest BCUT2D eigenvalue weighted by molar-refractivity contribution is 0.102. The minimum Gasteiger partial charge on any atom is -0.326 e. The Hall–Kier alpha value is -2.73. The number of H-pyrrole nitrogens is 1. The number of benzene rings is 1. The lowest BCUT2D eigenvalue weighted by Crippen LogP contribution is -2.23.